The molecule has 1 aromatic heterocycles. The number of hydrogen-bond donors (Lipinski definition) is 0. The van der Waals surface area contributed by atoms with Gasteiger partial charge in [0.1, 0.15) is 11.9 Å². The zero-order valence-electron chi connectivity index (χ0n) is 16.5. The average Bonchev–Trinajstić information content (AvgIpc) is 3.09. The molecule has 3 rings (SSSR count). The number of thioether (sulfide) groups is 1. The van der Waals surface area contributed by atoms with Gasteiger partial charge in [-0.1, -0.05) is 56.7 Å². The summed E-state index contributed by atoms with van der Waals surface area (Å²) in [4.78, 5) is 12.3. The third-order valence-corrected chi connectivity index (χ3v) is 6.02. The normalized spacial score (nSPS) is 22.8. The Labute approximate surface area is 165 Å². The summed E-state index contributed by atoms with van der Waals surface area (Å²) in [7, 11) is 0. The number of nitrogens with zero attached hydrogens (tertiary/aromatic N) is 2. The molecular weight excluding hydrogens is 360 g/mol. The van der Waals surface area contributed by atoms with E-state index < -0.39 is 0 Å². The first-order valence-corrected chi connectivity index (χ1v) is 10.6. The first kappa shape index (κ1) is 19.9. The Balaban J connectivity index is 1.54. The molecule has 0 saturated heterocycles. The lowest BCUT2D eigenvalue weighted by Gasteiger charge is -2.36. The molecule has 6 heteroatoms. The second kappa shape index (κ2) is 8.91. The Morgan fingerprint density at radius 3 is 2.89 bits per heavy atom. The van der Waals surface area contributed by atoms with Crippen molar-refractivity contribution in [2.75, 3.05) is 5.75 Å². The molecule has 3 atom stereocenters. The smallest absolute Gasteiger partial charge is 0.316 e. The Bertz CT molecular complexity index is 774. The van der Waals surface area contributed by atoms with Crippen molar-refractivity contribution in [3.8, 4) is 11.5 Å². The quantitative estimate of drug-likeness (QED) is 0.504. The van der Waals surface area contributed by atoms with Crippen LogP contribution in [0.3, 0.4) is 0 Å². The summed E-state index contributed by atoms with van der Waals surface area (Å²) in [5.41, 5.74) is 2.01. The first-order valence-electron chi connectivity index (χ1n) is 9.65. The molecule has 0 spiro atoms. The van der Waals surface area contributed by atoms with E-state index in [0.717, 1.165) is 24.0 Å². The van der Waals surface area contributed by atoms with E-state index >= 15 is 0 Å². The van der Waals surface area contributed by atoms with Crippen LogP contribution in [0, 0.1) is 24.7 Å². The van der Waals surface area contributed by atoms with Gasteiger partial charge in [0.2, 0.25) is 5.89 Å². The van der Waals surface area contributed by atoms with Gasteiger partial charge in [-0.2, -0.15) is 0 Å². The number of ether oxygens (including phenoxy) is 1. The zero-order chi connectivity index (χ0) is 19.4. The van der Waals surface area contributed by atoms with Crippen molar-refractivity contribution in [1.29, 1.82) is 0 Å². The van der Waals surface area contributed by atoms with Gasteiger partial charge in [0.05, 0.1) is 0 Å². The van der Waals surface area contributed by atoms with Crippen LogP contribution in [0.4, 0.5) is 0 Å². The summed E-state index contributed by atoms with van der Waals surface area (Å²) in [5, 5.41) is 8.50. The standard InChI is InChI=1S/C21H28N2O3S/c1-13(2)17-9-8-15(4)11-18(17)25-19(24)12-27-21-23-22-20(26-21)16-7-5-6-14(3)10-16/h5-7,10,13,15,17-18H,8-9,11-12H2,1-4H3/t15-,17+,18-/m0/s1. The highest BCUT2D eigenvalue weighted by atomic mass is 32.2. The van der Waals surface area contributed by atoms with E-state index in [-0.39, 0.29) is 17.8 Å². The van der Waals surface area contributed by atoms with Crippen LogP contribution < -0.4 is 0 Å². The monoisotopic (exact) mass is 388 g/mol. The number of hydrogen-bond acceptors (Lipinski definition) is 6. The lowest BCUT2D eigenvalue weighted by Crippen LogP contribution is -2.36. The highest BCUT2D eigenvalue weighted by Gasteiger charge is 2.33. The highest BCUT2D eigenvalue weighted by molar-refractivity contribution is 7.99. The van der Waals surface area contributed by atoms with Crippen LogP contribution in [-0.2, 0) is 9.53 Å². The minimum Gasteiger partial charge on any atom is -0.461 e. The van der Waals surface area contributed by atoms with E-state index in [1.165, 1.54) is 18.2 Å². The number of carbonyl (C=O) groups excluding carboxylic acids is 1. The summed E-state index contributed by atoms with van der Waals surface area (Å²) in [6, 6.07) is 7.89. The van der Waals surface area contributed by atoms with Crippen LogP contribution in [-0.4, -0.2) is 28.0 Å². The van der Waals surface area contributed by atoms with Crippen LogP contribution in [0.25, 0.3) is 11.5 Å². The second-order valence-electron chi connectivity index (χ2n) is 7.89. The van der Waals surface area contributed by atoms with Crippen molar-refractivity contribution < 1.29 is 13.9 Å². The van der Waals surface area contributed by atoms with Gasteiger partial charge in [0.15, 0.2) is 0 Å². The van der Waals surface area contributed by atoms with Gasteiger partial charge >= 0.3 is 5.97 Å². The summed E-state index contributed by atoms with van der Waals surface area (Å²) in [6.07, 6.45) is 3.33. The average molecular weight is 389 g/mol. The van der Waals surface area contributed by atoms with Crippen LogP contribution >= 0.6 is 11.8 Å². The van der Waals surface area contributed by atoms with E-state index in [9.17, 15) is 4.79 Å². The number of rotatable bonds is 6. The molecule has 0 N–H and O–H groups in total. The molecule has 0 aliphatic heterocycles. The van der Waals surface area contributed by atoms with Gasteiger partial charge in [0.25, 0.3) is 5.22 Å². The number of esters is 1. The van der Waals surface area contributed by atoms with E-state index in [4.69, 9.17) is 9.15 Å². The maximum absolute atomic E-state index is 12.3. The fourth-order valence-corrected chi connectivity index (χ4v) is 4.28. The Morgan fingerprint density at radius 1 is 1.33 bits per heavy atom. The van der Waals surface area contributed by atoms with Crippen LogP contribution in [0.2, 0.25) is 0 Å². The van der Waals surface area contributed by atoms with Crippen molar-refractivity contribution in [3.63, 3.8) is 0 Å². The lowest BCUT2D eigenvalue weighted by atomic mass is 9.75. The molecule has 2 aromatic rings. The predicted octanol–water partition coefficient (Wildman–Crippen LogP) is 5.14. The van der Waals surface area contributed by atoms with Crippen molar-refractivity contribution in [3.05, 3.63) is 29.8 Å². The van der Waals surface area contributed by atoms with Crippen LogP contribution in [0.15, 0.2) is 33.9 Å². The minimum absolute atomic E-state index is 0.0207. The Hall–Kier alpha value is -1.82. The third kappa shape index (κ3) is 5.34. The highest BCUT2D eigenvalue weighted by Crippen LogP contribution is 2.35. The maximum atomic E-state index is 12.3. The molecule has 1 saturated carbocycles. The minimum atomic E-state index is -0.208. The topological polar surface area (TPSA) is 65.2 Å². The Morgan fingerprint density at radius 2 is 2.15 bits per heavy atom. The molecule has 1 fully saturated rings. The van der Waals surface area contributed by atoms with E-state index in [0.29, 0.717) is 28.9 Å². The van der Waals surface area contributed by atoms with Gasteiger partial charge in [0, 0.05) is 5.56 Å². The second-order valence-corrected chi connectivity index (χ2v) is 8.81. The molecule has 0 bridgehead atoms. The van der Waals surface area contributed by atoms with Gasteiger partial charge in [-0.25, -0.2) is 0 Å². The number of aryl methyl sites for hydroxylation is 1. The predicted molar refractivity (Wildman–Crippen MR) is 106 cm³/mol. The van der Waals surface area contributed by atoms with Gasteiger partial charge in [-0.15, -0.1) is 10.2 Å². The Kier molecular flexibility index (Phi) is 6.58. The molecule has 1 heterocycles. The van der Waals surface area contributed by atoms with Crippen molar-refractivity contribution in [2.24, 2.45) is 17.8 Å². The molecule has 1 aliphatic rings. The molecule has 0 amide bonds. The largest absolute Gasteiger partial charge is 0.461 e. The fourth-order valence-electron chi connectivity index (χ4n) is 3.74. The van der Waals surface area contributed by atoms with Crippen molar-refractivity contribution in [1.82, 2.24) is 10.2 Å². The number of carbonyl (C=O) groups is 1. The molecule has 1 aliphatic carbocycles. The summed E-state index contributed by atoms with van der Waals surface area (Å²) in [5.74, 6) is 2.03. The molecule has 146 valence electrons. The van der Waals surface area contributed by atoms with Gasteiger partial charge in [-0.3, -0.25) is 4.79 Å². The van der Waals surface area contributed by atoms with E-state index in [2.05, 4.69) is 31.0 Å². The molecule has 5 nitrogen and oxygen atoms in total. The molecular formula is C21H28N2O3S. The van der Waals surface area contributed by atoms with Crippen molar-refractivity contribution >= 4 is 17.7 Å². The first-order chi connectivity index (χ1) is 12.9. The molecule has 27 heavy (non-hydrogen) atoms. The molecule has 0 unspecified atom stereocenters. The van der Waals surface area contributed by atoms with Crippen molar-refractivity contribution in [2.45, 2.75) is 58.3 Å². The van der Waals surface area contributed by atoms with Gasteiger partial charge in [-0.05, 0) is 49.7 Å². The fraction of sp³-hybridized carbons (Fsp3) is 0.571. The third-order valence-electron chi connectivity index (χ3n) is 5.23. The summed E-state index contributed by atoms with van der Waals surface area (Å²) in [6.45, 7) is 8.67. The lowest BCUT2D eigenvalue weighted by molar-refractivity contribution is -0.152. The summed E-state index contributed by atoms with van der Waals surface area (Å²) >= 11 is 1.23. The summed E-state index contributed by atoms with van der Waals surface area (Å²) < 4.78 is 11.5. The number of aromatic nitrogens is 2. The maximum Gasteiger partial charge on any atom is 0.316 e. The van der Waals surface area contributed by atoms with E-state index in [1.54, 1.807) is 0 Å². The molecule has 1 aromatic carbocycles. The van der Waals surface area contributed by atoms with E-state index in [1.807, 2.05) is 31.2 Å². The van der Waals surface area contributed by atoms with Crippen LogP contribution in [0.1, 0.15) is 45.6 Å². The number of benzene rings is 1. The molecule has 0 radical (unpaired) electrons. The SMILES string of the molecule is Cc1cccc(-c2nnc(SCC(=O)O[C@H]3C[C@@H](C)CC[C@@H]3C(C)C)o2)c1. The zero-order valence-corrected chi connectivity index (χ0v) is 17.3. The van der Waals surface area contributed by atoms with Gasteiger partial charge < -0.3 is 9.15 Å². The van der Waals surface area contributed by atoms with Crippen LogP contribution in [0.5, 0.6) is 0 Å².